The van der Waals surface area contributed by atoms with Crippen LogP contribution in [-0.2, 0) is 62.2 Å². The molecule has 2 nitrogen and oxygen atoms in total. The normalized spacial score (nSPS) is 11.7. The Balaban J connectivity index is 0.00000567. The minimum absolute atomic E-state index is 0. The fourth-order valence-corrected chi connectivity index (χ4v) is 8.13. The van der Waals surface area contributed by atoms with E-state index in [0.717, 1.165) is 51.4 Å². The molecule has 0 saturated heterocycles. The van der Waals surface area contributed by atoms with E-state index in [1.165, 1.54) is 67.0 Å². The maximum absolute atomic E-state index is 2.50. The summed E-state index contributed by atoms with van der Waals surface area (Å²) in [6.07, 6.45) is 14.9. The quantitative estimate of drug-likeness (QED) is 0.0973. The topological polar surface area (TPSA) is 8.81 Å². The molecule has 0 saturated carbocycles. The molecule has 3 heteroatoms. The Morgan fingerprint density at radius 3 is 1.05 bits per heavy atom. The fraction of sp³-hybridized carbons (Fsp3) is 0.291. The monoisotopic (exact) mass is 784 g/mol. The van der Waals surface area contributed by atoms with Gasteiger partial charge in [-0.3, -0.25) is 0 Å². The largest absolute Gasteiger partial charge is 1.00 e. The van der Waals surface area contributed by atoms with Crippen LogP contribution >= 0.6 is 0 Å². The molecule has 0 atom stereocenters. The lowest BCUT2D eigenvalue weighted by Gasteiger charge is -2.24. The van der Waals surface area contributed by atoms with E-state index < -0.39 is 0 Å². The Morgan fingerprint density at radius 1 is 0.414 bits per heavy atom. The number of aromatic nitrogens is 2. The minimum Gasteiger partial charge on any atom is -1.00 e. The van der Waals surface area contributed by atoms with Crippen molar-refractivity contribution < 1.29 is 17.0 Å². The molecule has 0 radical (unpaired) electrons. The molecule has 0 aliphatic rings. The van der Waals surface area contributed by atoms with Crippen LogP contribution in [0.4, 0.5) is 0 Å². The third-order valence-electron chi connectivity index (χ3n) is 11.5. The van der Waals surface area contributed by atoms with E-state index in [1.54, 1.807) is 0 Å². The van der Waals surface area contributed by atoms with Crippen molar-refractivity contribution in [2.75, 3.05) is 0 Å². The Morgan fingerprint density at radius 2 is 0.724 bits per heavy atom. The second kappa shape index (κ2) is 19.0. The van der Waals surface area contributed by atoms with Crippen molar-refractivity contribution in [1.82, 2.24) is 4.57 Å². The van der Waals surface area contributed by atoms with Crippen LogP contribution in [0, 0.1) is 0 Å². The van der Waals surface area contributed by atoms with Crippen molar-refractivity contribution in [3.05, 3.63) is 220 Å². The molecule has 0 aliphatic heterocycles. The van der Waals surface area contributed by atoms with Gasteiger partial charge in [-0.25, -0.2) is 9.13 Å². The van der Waals surface area contributed by atoms with Gasteiger partial charge in [0, 0.05) is 22.3 Å². The number of halogens is 1. The van der Waals surface area contributed by atoms with E-state index in [4.69, 9.17) is 0 Å². The summed E-state index contributed by atoms with van der Waals surface area (Å²) in [5.41, 5.74) is 16.7. The van der Waals surface area contributed by atoms with E-state index in [0.29, 0.717) is 0 Å². The van der Waals surface area contributed by atoms with Gasteiger partial charge in [0.05, 0.1) is 0 Å². The zero-order chi connectivity index (χ0) is 39.8. The summed E-state index contributed by atoms with van der Waals surface area (Å²) in [4.78, 5) is 0. The third kappa shape index (κ3) is 10.9. The van der Waals surface area contributed by atoms with E-state index in [1.807, 2.05) is 0 Å². The summed E-state index contributed by atoms with van der Waals surface area (Å²) < 4.78 is 4.87. The van der Waals surface area contributed by atoms with Crippen LogP contribution in [0.2, 0.25) is 0 Å². The molecule has 0 fully saturated rings. The minimum atomic E-state index is 0. The Kier molecular flexibility index (Phi) is 13.9. The predicted molar refractivity (Wildman–Crippen MR) is 240 cm³/mol. The van der Waals surface area contributed by atoms with Crippen LogP contribution in [0.5, 0.6) is 0 Å². The molecular weight excluding hydrogens is 724 g/mol. The molecular formula is C55H61ClN2. The Hall–Kier alpha value is -5.18. The number of hydrogen-bond acceptors (Lipinski definition) is 0. The van der Waals surface area contributed by atoms with Crippen molar-refractivity contribution in [3.63, 3.8) is 0 Å². The third-order valence-corrected chi connectivity index (χ3v) is 11.5. The lowest BCUT2D eigenvalue weighted by molar-refractivity contribution is -0.595. The first-order valence-corrected chi connectivity index (χ1v) is 21.1. The van der Waals surface area contributed by atoms with Crippen molar-refractivity contribution in [2.24, 2.45) is 0 Å². The van der Waals surface area contributed by atoms with Gasteiger partial charge in [-0.15, -0.1) is 0 Å². The smallest absolute Gasteiger partial charge is 0.254 e. The lowest BCUT2D eigenvalue weighted by Crippen LogP contribution is -3.00. The highest BCUT2D eigenvalue weighted by Gasteiger charge is 2.26. The maximum atomic E-state index is 2.50. The molecule has 6 aromatic carbocycles. The first-order valence-electron chi connectivity index (χ1n) is 21.1. The second-order valence-corrected chi connectivity index (χ2v) is 18.0. The molecule has 7 rings (SSSR count). The van der Waals surface area contributed by atoms with Crippen molar-refractivity contribution in [1.29, 1.82) is 0 Å². The molecule has 7 aromatic rings. The SMILES string of the molecule is CC(C)(C)c1cc(CCc2ccccc2)c(-n2cc[n+](-c3c(CCc4ccccc4)cc(C(C)(C)C)cc3CCc3ccccc3)c2)c(CCc2ccccc2)c1.[Cl-]. The van der Waals surface area contributed by atoms with Gasteiger partial charge >= 0.3 is 0 Å². The Bertz CT molecular complexity index is 2050. The second-order valence-electron chi connectivity index (χ2n) is 18.0. The lowest BCUT2D eigenvalue weighted by atomic mass is 9.82. The summed E-state index contributed by atoms with van der Waals surface area (Å²) in [6, 6.07) is 53.9. The maximum Gasteiger partial charge on any atom is 0.254 e. The average molecular weight is 786 g/mol. The molecule has 298 valence electrons. The van der Waals surface area contributed by atoms with Crippen LogP contribution in [-0.4, -0.2) is 4.57 Å². The molecule has 0 aliphatic carbocycles. The van der Waals surface area contributed by atoms with Gasteiger partial charge in [0.1, 0.15) is 23.8 Å². The first-order chi connectivity index (χ1) is 27.5. The number of aryl methyl sites for hydroxylation is 8. The number of imidazole rings is 1. The molecule has 0 amide bonds. The molecule has 0 bridgehead atoms. The highest BCUT2D eigenvalue weighted by molar-refractivity contribution is 5.53. The zero-order valence-corrected chi connectivity index (χ0v) is 36.3. The standard InChI is InChI=1S/C55H61N2.ClH/c1-54(2,3)50-37-46(31-27-42-19-11-7-12-20-42)52(47(38-50)32-28-43-21-13-8-14-22-43)56-35-36-57(41-56)53-48(33-29-44-23-15-9-16-24-44)39-51(55(4,5)6)40-49(53)34-30-45-25-17-10-18-26-45;/h7-26,35-41H,27-34H2,1-6H3;1H/q+1;/p-1. The molecule has 0 spiro atoms. The first kappa shape index (κ1) is 42.4. The molecule has 0 unspecified atom stereocenters. The van der Waals surface area contributed by atoms with Crippen LogP contribution in [0.3, 0.4) is 0 Å². The van der Waals surface area contributed by atoms with Gasteiger partial charge in [0.15, 0.2) is 0 Å². The summed E-state index contributed by atoms with van der Waals surface area (Å²) in [5.74, 6) is 0. The molecule has 1 heterocycles. The summed E-state index contributed by atoms with van der Waals surface area (Å²) in [6.45, 7) is 14.1. The van der Waals surface area contributed by atoms with Gasteiger partial charge in [-0.1, -0.05) is 187 Å². The van der Waals surface area contributed by atoms with E-state index in [-0.39, 0.29) is 23.2 Å². The van der Waals surface area contributed by atoms with E-state index in [9.17, 15) is 0 Å². The highest BCUT2D eigenvalue weighted by Crippen LogP contribution is 2.33. The zero-order valence-electron chi connectivity index (χ0n) is 35.5. The summed E-state index contributed by atoms with van der Waals surface area (Å²) in [5, 5.41) is 0. The number of hydrogen-bond donors (Lipinski definition) is 0. The van der Waals surface area contributed by atoms with Crippen molar-refractivity contribution in [2.45, 2.75) is 104 Å². The number of benzene rings is 6. The number of nitrogens with zero attached hydrogens (tertiary/aromatic N) is 2. The Labute approximate surface area is 355 Å². The predicted octanol–water partition coefficient (Wildman–Crippen LogP) is 9.49. The number of rotatable bonds is 14. The van der Waals surface area contributed by atoms with Gasteiger partial charge in [0.25, 0.3) is 6.33 Å². The van der Waals surface area contributed by atoms with Crippen LogP contribution in [0.15, 0.2) is 164 Å². The van der Waals surface area contributed by atoms with Crippen molar-refractivity contribution >= 4 is 0 Å². The summed E-state index contributed by atoms with van der Waals surface area (Å²) in [7, 11) is 0. The van der Waals surface area contributed by atoms with E-state index >= 15 is 0 Å². The van der Waals surface area contributed by atoms with Crippen LogP contribution in [0.25, 0.3) is 11.4 Å². The molecule has 58 heavy (non-hydrogen) atoms. The van der Waals surface area contributed by atoms with Gasteiger partial charge in [-0.2, -0.15) is 0 Å². The fourth-order valence-electron chi connectivity index (χ4n) is 8.13. The molecule has 1 aromatic heterocycles. The van der Waals surface area contributed by atoms with Crippen LogP contribution < -0.4 is 17.0 Å². The van der Waals surface area contributed by atoms with E-state index in [2.05, 4.69) is 215 Å². The molecule has 0 N–H and O–H groups in total. The van der Waals surface area contributed by atoms with Gasteiger partial charge in [-0.05, 0) is 95.6 Å². The van der Waals surface area contributed by atoms with Gasteiger partial charge < -0.3 is 12.4 Å². The van der Waals surface area contributed by atoms with Gasteiger partial charge in [0.2, 0.25) is 0 Å². The average Bonchev–Trinajstić information content (AvgIpc) is 3.70. The van der Waals surface area contributed by atoms with Crippen LogP contribution in [0.1, 0.15) is 97.2 Å². The summed E-state index contributed by atoms with van der Waals surface area (Å²) >= 11 is 0. The van der Waals surface area contributed by atoms with Crippen molar-refractivity contribution in [3.8, 4) is 11.4 Å². The highest BCUT2D eigenvalue weighted by atomic mass is 35.5.